The first-order valence-corrected chi connectivity index (χ1v) is 14.9. The number of rotatable bonds is 24. The van der Waals surface area contributed by atoms with Crippen LogP contribution in [-0.4, -0.2) is 4.57 Å². The standard InChI is InChI=1S/C30H59N2/c1-4-7-10-12-14-15-16-17-19-21-24-27-32-29-28-31(30(32)25-22-9-6-3)26-23-20-18-13-11-8-5-2/h28-29H,4-27H2,1-3H3/q+1. The van der Waals surface area contributed by atoms with Crippen molar-refractivity contribution >= 4 is 0 Å². The van der Waals surface area contributed by atoms with Gasteiger partial charge in [-0.15, -0.1) is 0 Å². The van der Waals surface area contributed by atoms with Crippen molar-refractivity contribution in [1.29, 1.82) is 0 Å². The zero-order valence-corrected chi connectivity index (χ0v) is 22.5. The van der Waals surface area contributed by atoms with Crippen molar-refractivity contribution < 1.29 is 4.57 Å². The molecular weight excluding hydrogens is 388 g/mol. The summed E-state index contributed by atoms with van der Waals surface area (Å²) in [5.41, 5.74) is 0. The topological polar surface area (TPSA) is 8.81 Å². The maximum Gasteiger partial charge on any atom is 0.256 e. The van der Waals surface area contributed by atoms with Crippen LogP contribution in [0.15, 0.2) is 12.4 Å². The largest absolute Gasteiger partial charge is 0.256 e. The van der Waals surface area contributed by atoms with Gasteiger partial charge in [-0.25, -0.2) is 9.13 Å². The Bertz CT molecular complexity index is 505. The van der Waals surface area contributed by atoms with E-state index in [1.165, 1.54) is 154 Å². The maximum absolute atomic E-state index is 2.59. The van der Waals surface area contributed by atoms with Gasteiger partial charge in [0.05, 0.1) is 13.1 Å². The first-order valence-electron chi connectivity index (χ1n) is 14.9. The van der Waals surface area contributed by atoms with E-state index in [0.29, 0.717) is 0 Å². The smallest absolute Gasteiger partial charge is 0.234 e. The summed E-state index contributed by atoms with van der Waals surface area (Å²) in [6.07, 6.45) is 35.5. The molecule has 0 saturated heterocycles. The third-order valence-corrected chi connectivity index (χ3v) is 7.10. The van der Waals surface area contributed by atoms with Gasteiger partial charge in [0.15, 0.2) is 0 Å². The van der Waals surface area contributed by atoms with Gasteiger partial charge < -0.3 is 0 Å². The number of aryl methyl sites for hydroxylation is 2. The Morgan fingerprint density at radius 1 is 0.531 bits per heavy atom. The number of hydrogen-bond acceptors (Lipinski definition) is 0. The van der Waals surface area contributed by atoms with E-state index in [1.54, 1.807) is 5.82 Å². The Hall–Kier alpha value is -0.790. The molecule has 1 heterocycles. The number of aromatic nitrogens is 2. The minimum atomic E-state index is 1.22. The van der Waals surface area contributed by atoms with E-state index in [0.717, 1.165) is 0 Å². The Labute approximate surface area is 202 Å². The van der Waals surface area contributed by atoms with Gasteiger partial charge >= 0.3 is 0 Å². The molecule has 0 amide bonds. The monoisotopic (exact) mass is 447 g/mol. The van der Waals surface area contributed by atoms with Gasteiger partial charge in [0.1, 0.15) is 12.4 Å². The first-order chi connectivity index (χ1) is 15.8. The van der Waals surface area contributed by atoms with Crippen LogP contribution < -0.4 is 4.57 Å². The second kappa shape index (κ2) is 22.0. The van der Waals surface area contributed by atoms with Crippen LogP contribution in [0.1, 0.15) is 161 Å². The van der Waals surface area contributed by atoms with Gasteiger partial charge in [-0.05, 0) is 32.1 Å². The van der Waals surface area contributed by atoms with Crippen molar-refractivity contribution in [3.05, 3.63) is 18.2 Å². The average Bonchev–Trinajstić information content (AvgIpc) is 3.18. The highest BCUT2D eigenvalue weighted by Crippen LogP contribution is 2.13. The molecule has 0 unspecified atom stereocenters. The third-order valence-electron chi connectivity index (χ3n) is 7.10. The molecule has 0 atom stereocenters. The van der Waals surface area contributed by atoms with Crippen molar-refractivity contribution in [1.82, 2.24) is 4.57 Å². The van der Waals surface area contributed by atoms with Crippen molar-refractivity contribution in [3.63, 3.8) is 0 Å². The van der Waals surface area contributed by atoms with Crippen molar-refractivity contribution in [2.75, 3.05) is 0 Å². The molecule has 0 aliphatic rings. The van der Waals surface area contributed by atoms with Gasteiger partial charge in [0.25, 0.3) is 5.82 Å². The van der Waals surface area contributed by atoms with Gasteiger partial charge in [-0.1, -0.05) is 124 Å². The quantitative estimate of drug-likeness (QED) is 0.110. The molecule has 0 aromatic carbocycles. The van der Waals surface area contributed by atoms with Crippen LogP contribution in [0.2, 0.25) is 0 Å². The molecule has 1 aromatic heterocycles. The summed E-state index contributed by atoms with van der Waals surface area (Å²) >= 11 is 0. The van der Waals surface area contributed by atoms with Crippen LogP contribution >= 0.6 is 0 Å². The Morgan fingerprint density at radius 3 is 1.50 bits per heavy atom. The van der Waals surface area contributed by atoms with E-state index in [2.05, 4.69) is 42.3 Å². The fourth-order valence-corrected chi connectivity index (χ4v) is 4.91. The van der Waals surface area contributed by atoms with Crippen LogP contribution in [0.5, 0.6) is 0 Å². The van der Waals surface area contributed by atoms with Crippen LogP contribution in [0.4, 0.5) is 0 Å². The molecule has 32 heavy (non-hydrogen) atoms. The third kappa shape index (κ3) is 15.1. The van der Waals surface area contributed by atoms with Gasteiger partial charge in [-0.2, -0.15) is 0 Å². The lowest BCUT2D eigenvalue weighted by Gasteiger charge is -2.06. The fourth-order valence-electron chi connectivity index (χ4n) is 4.91. The summed E-state index contributed by atoms with van der Waals surface area (Å²) in [7, 11) is 0. The molecular formula is C30H59N2+. The molecule has 0 aliphatic carbocycles. The van der Waals surface area contributed by atoms with Gasteiger partial charge in [-0.3, -0.25) is 0 Å². The summed E-state index contributed by atoms with van der Waals surface area (Å²) in [6, 6.07) is 0. The second-order valence-electron chi connectivity index (χ2n) is 10.2. The summed E-state index contributed by atoms with van der Waals surface area (Å²) in [5, 5.41) is 0. The average molecular weight is 448 g/mol. The van der Waals surface area contributed by atoms with Crippen LogP contribution in [-0.2, 0) is 19.5 Å². The van der Waals surface area contributed by atoms with E-state index in [9.17, 15) is 0 Å². The molecule has 2 heteroatoms. The van der Waals surface area contributed by atoms with E-state index in [1.807, 2.05) is 0 Å². The lowest BCUT2D eigenvalue weighted by molar-refractivity contribution is -0.704. The predicted molar refractivity (Wildman–Crippen MR) is 142 cm³/mol. The molecule has 0 N–H and O–H groups in total. The number of nitrogens with zero attached hydrogens (tertiary/aromatic N) is 2. The molecule has 0 aliphatic heterocycles. The normalized spacial score (nSPS) is 11.5. The van der Waals surface area contributed by atoms with Crippen LogP contribution in [0.25, 0.3) is 0 Å². The number of unbranched alkanes of at least 4 members (excludes halogenated alkanes) is 18. The maximum atomic E-state index is 2.59. The molecule has 1 aromatic rings. The van der Waals surface area contributed by atoms with E-state index in [-0.39, 0.29) is 0 Å². The Kier molecular flexibility index (Phi) is 20.1. The van der Waals surface area contributed by atoms with Crippen molar-refractivity contribution in [3.8, 4) is 0 Å². The number of imidazole rings is 1. The van der Waals surface area contributed by atoms with Gasteiger partial charge in [0.2, 0.25) is 0 Å². The minimum absolute atomic E-state index is 1.22. The highest BCUT2D eigenvalue weighted by Gasteiger charge is 2.16. The number of hydrogen-bond donors (Lipinski definition) is 0. The molecule has 2 nitrogen and oxygen atoms in total. The SMILES string of the molecule is CCCCCCCCCCCCC[n+]1ccn(CCCCCCCCC)c1CCCCC. The Balaban J connectivity index is 2.25. The molecule has 0 bridgehead atoms. The summed E-state index contributed by atoms with van der Waals surface area (Å²) < 4.78 is 5.17. The van der Waals surface area contributed by atoms with Gasteiger partial charge in [0, 0.05) is 6.42 Å². The second-order valence-corrected chi connectivity index (χ2v) is 10.2. The lowest BCUT2D eigenvalue weighted by Crippen LogP contribution is -2.37. The molecule has 0 spiro atoms. The minimum Gasteiger partial charge on any atom is -0.234 e. The van der Waals surface area contributed by atoms with Crippen molar-refractivity contribution in [2.24, 2.45) is 0 Å². The summed E-state index contributed by atoms with van der Waals surface area (Å²) in [6.45, 7) is 9.37. The highest BCUT2D eigenvalue weighted by molar-refractivity contribution is 4.84. The lowest BCUT2D eigenvalue weighted by atomic mass is 10.1. The highest BCUT2D eigenvalue weighted by atomic mass is 15.1. The predicted octanol–water partition coefficient (Wildman–Crippen LogP) is 9.57. The van der Waals surface area contributed by atoms with E-state index >= 15 is 0 Å². The Morgan fingerprint density at radius 2 is 0.969 bits per heavy atom. The zero-order chi connectivity index (χ0) is 23.1. The molecule has 0 saturated carbocycles. The fraction of sp³-hybridized carbons (Fsp3) is 0.900. The van der Waals surface area contributed by atoms with E-state index in [4.69, 9.17) is 0 Å². The first kappa shape index (κ1) is 29.2. The summed E-state index contributed by atoms with van der Waals surface area (Å²) in [5.74, 6) is 1.59. The molecule has 0 radical (unpaired) electrons. The zero-order valence-electron chi connectivity index (χ0n) is 22.5. The summed E-state index contributed by atoms with van der Waals surface area (Å²) in [4.78, 5) is 0. The van der Waals surface area contributed by atoms with E-state index < -0.39 is 0 Å². The van der Waals surface area contributed by atoms with Crippen LogP contribution in [0.3, 0.4) is 0 Å². The molecule has 188 valence electrons. The molecule has 0 fully saturated rings. The van der Waals surface area contributed by atoms with Crippen molar-refractivity contribution in [2.45, 2.75) is 175 Å². The molecule has 1 rings (SSSR count). The van der Waals surface area contributed by atoms with Crippen LogP contribution in [0, 0.1) is 0 Å².